The molecule has 0 aromatic heterocycles. The second kappa shape index (κ2) is 10.4. The highest BCUT2D eigenvalue weighted by Gasteiger charge is 2.41. The van der Waals surface area contributed by atoms with Crippen molar-refractivity contribution >= 4 is 0 Å². The first-order valence-corrected chi connectivity index (χ1v) is 11.1. The summed E-state index contributed by atoms with van der Waals surface area (Å²) in [6.07, 6.45) is -2.76. The van der Waals surface area contributed by atoms with Crippen LogP contribution in [0, 0.1) is 23.4 Å². The zero-order valence-corrected chi connectivity index (χ0v) is 18.9. The second-order valence-electron chi connectivity index (χ2n) is 8.53. The van der Waals surface area contributed by atoms with Gasteiger partial charge < -0.3 is 14.2 Å². The number of halogens is 7. The largest absolute Gasteiger partial charge is 0.432 e. The van der Waals surface area contributed by atoms with Crippen molar-refractivity contribution in [2.24, 2.45) is 5.92 Å². The Bertz CT molecular complexity index is 1180. The van der Waals surface area contributed by atoms with Gasteiger partial charge in [-0.05, 0) is 59.7 Å². The molecular weight excluding hydrogens is 493 g/mol. The number of alkyl halides is 4. The molecule has 1 aliphatic heterocycles. The van der Waals surface area contributed by atoms with Gasteiger partial charge >= 0.3 is 12.7 Å². The van der Waals surface area contributed by atoms with E-state index in [4.69, 9.17) is 4.74 Å². The highest BCUT2D eigenvalue weighted by molar-refractivity contribution is 5.64. The number of hydrogen-bond donors (Lipinski definition) is 0. The van der Waals surface area contributed by atoms with Crippen LogP contribution >= 0.6 is 0 Å². The lowest BCUT2D eigenvalue weighted by molar-refractivity contribution is -0.189. The van der Waals surface area contributed by atoms with E-state index in [1.54, 1.807) is 24.3 Å². The van der Waals surface area contributed by atoms with E-state index < -0.39 is 47.2 Å². The summed E-state index contributed by atoms with van der Waals surface area (Å²) < 4.78 is 111. The lowest BCUT2D eigenvalue weighted by Crippen LogP contribution is -2.25. The number of rotatable bonds is 7. The Morgan fingerprint density at radius 1 is 0.861 bits per heavy atom. The molecule has 0 bridgehead atoms. The number of ether oxygens (including phenoxy) is 3. The third-order valence-electron chi connectivity index (χ3n) is 5.82. The SMILES string of the molecule is CC1CCC(c2ccc(-c3cc(F)c(C(F)(F)Oc4ccc(OC(F)F)c(F)c4)c(F)c3)cc2)OC1. The summed E-state index contributed by atoms with van der Waals surface area (Å²) in [5.74, 6) is -5.86. The zero-order valence-electron chi connectivity index (χ0n) is 18.9. The Labute approximate surface area is 202 Å². The van der Waals surface area contributed by atoms with Gasteiger partial charge in [-0.25, -0.2) is 13.2 Å². The van der Waals surface area contributed by atoms with Crippen LogP contribution in [0.1, 0.15) is 37.0 Å². The van der Waals surface area contributed by atoms with Crippen molar-refractivity contribution in [3.63, 3.8) is 0 Å². The highest BCUT2D eigenvalue weighted by atomic mass is 19.3. The fraction of sp³-hybridized carbons (Fsp3) is 0.308. The van der Waals surface area contributed by atoms with Gasteiger partial charge in [-0.15, -0.1) is 0 Å². The van der Waals surface area contributed by atoms with E-state index in [9.17, 15) is 30.7 Å². The third kappa shape index (κ3) is 5.75. The molecule has 0 aliphatic carbocycles. The van der Waals surface area contributed by atoms with Crippen LogP contribution in [0.5, 0.6) is 11.5 Å². The van der Waals surface area contributed by atoms with Crippen molar-refractivity contribution in [3.05, 3.63) is 83.2 Å². The molecule has 3 aromatic rings. The van der Waals surface area contributed by atoms with Gasteiger partial charge in [-0.1, -0.05) is 31.2 Å². The zero-order chi connectivity index (χ0) is 26.0. The van der Waals surface area contributed by atoms with Gasteiger partial charge in [0.2, 0.25) is 0 Å². The summed E-state index contributed by atoms with van der Waals surface area (Å²) in [6.45, 7) is -0.601. The van der Waals surface area contributed by atoms with Gasteiger partial charge in [-0.3, -0.25) is 0 Å². The van der Waals surface area contributed by atoms with Crippen molar-refractivity contribution in [1.82, 2.24) is 0 Å². The molecule has 192 valence electrons. The molecule has 0 radical (unpaired) electrons. The van der Waals surface area contributed by atoms with Gasteiger partial charge in [-0.2, -0.15) is 17.6 Å². The topological polar surface area (TPSA) is 27.7 Å². The molecule has 1 fully saturated rings. The van der Waals surface area contributed by atoms with E-state index in [0.29, 0.717) is 36.3 Å². The summed E-state index contributed by atoms with van der Waals surface area (Å²) in [7, 11) is 0. The lowest BCUT2D eigenvalue weighted by atomic mass is 9.94. The van der Waals surface area contributed by atoms with Crippen LogP contribution in [0.4, 0.5) is 30.7 Å². The lowest BCUT2D eigenvalue weighted by Gasteiger charge is -2.27. The molecule has 0 N–H and O–H groups in total. The Morgan fingerprint density at radius 2 is 1.53 bits per heavy atom. The smallest absolute Gasteiger partial charge is 0.432 e. The van der Waals surface area contributed by atoms with Crippen LogP contribution in [0.25, 0.3) is 11.1 Å². The maximum atomic E-state index is 14.7. The van der Waals surface area contributed by atoms with Crippen molar-refractivity contribution in [2.75, 3.05) is 6.61 Å². The monoisotopic (exact) mass is 514 g/mol. The highest BCUT2D eigenvalue weighted by Crippen LogP contribution is 2.38. The van der Waals surface area contributed by atoms with E-state index in [1.807, 2.05) is 0 Å². The van der Waals surface area contributed by atoms with Crippen molar-refractivity contribution in [2.45, 2.75) is 38.6 Å². The molecule has 2 unspecified atom stereocenters. The van der Waals surface area contributed by atoms with Crippen LogP contribution in [0.15, 0.2) is 54.6 Å². The standard InChI is InChI=1S/C26H21F7O3/c1-14-2-8-22(34-13-14)16-5-3-15(4-6-16)17-10-20(28)24(21(29)11-17)26(32,33)36-18-7-9-23(19(27)12-18)35-25(30)31/h3-7,9-12,14,22,25H,2,8,13H2,1H3. The molecule has 1 heterocycles. The molecule has 10 heteroatoms. The van der Waals surface area contributed by atoms with Crippen LogP contribution in [0.3, 0.4) is 0 Å². The first-order valence-electron chi connectivity index (χ1n) is 11.1. The predicted molar refractivity (Wildman–Crippen MR) is 116 cm³/mol. The minimum Gasteiger partial charge on any atom is -0.432 e. The minimum absolute atomic E-state index is 0.0221. The Hall–Kier alpha value is -3.27. The van der Waals surface area contributed by atoms with Crippen molar-refractivity contribution < 1.29 is 44.9 Å². The fourth-order valence-corrected chi connectivity index (χ4v) is 3.99. The van der Waals surface area contributed by atoms with E-state index in [2.05, 4.69) is 16.4 Å². The van der Waals surface area contributed by atoms with E-state index in [1.165, 1.54) is 0 Å². The molecule has 3 nitrogen and oxygen atoms in total. The molecule has 2 atom stereocenters. The molecule has 1 aliphatic rings. The summed E-state index contributed by atoms with van der Waals surface area (Å²) >= 11 is 0. The maximum absolute atomic E-state index is 14.7. The van der Waals surface area contributed by atoms with Crippen LogP contribution < -0.4 is 9.47 Å². The normalized spacial score (nSPS) is 18.4. The molecule has 36 heavy (non-hydrogen) atoms. The summed E-state index contributed by atoms with van der Waals surface area (Å²) in [4.78, 5) is 0. The van der Waals surface area contributed by atoms with Gasteiger partial charge in [0.25, 0.3) is 0 Å². The van der Waals surface area contributed by atoms with Crippen molar-refractivity contribution in [1.29, 1.82) is 0 Å². The quantitative estimate of drug-likeness (QED) is 0.299. The van der Waals surface area contributed by atoms with Gasteiger partial charge in [0.1, 0.15) is 22.9 Å². The maximum Gasteiger partial charge on any atom is 0.432 e. The number of hydrogen-bond acceptors (Lipinski definition) is 3. The molecule has 3 aromatic carbocycles. The first kappa shape index (κ1) is 25.8. The molecule has 0 amide bonds. The fourth-order valence-electron chi connectivity index (χ4n) is 3.99. The molecule has 1 saturated heterocycles. The summed E-state index contributed by atoms with van der Waals surface area (Å²) in [5, 5.41) is 0. The predicted octanol–water partition coefficient (Wildman–Crippen LogP) is 7.99. The first-order chi connectivity index (χ1) is 17.0. The summed E-state index contributed by atoms with van der Waals surface area (Å²) in [5.41, 5.74) is -0.358. The van der Waals surface area contributed by atoms with Crippen LogP contribution in [-0.4, -0.2) is 13.2 Å². The van der Waals surface area contributed by atoms with Crippen molar-refractivity contribution in [3.8, 4) is 22.6 Å². The average Bonchev–Trinajstić information content (AvgIpc) is 2.80. The number of benzene rings is 3. The Morgan fingerprint density at radius 3 is 2.08 bits per heavy atom. The van der Waals surface area contributed by atoms with E-state index in [0.717, 1.165) is 30.5 Å². The van der Waals surface area contributed by atoms with E-state index in [-0.39, 0.29) is 11.7 Å². The summed E-state index contributed by atoms with van der Waals surface area (Å²) in [6, 6.07) is 9.90. The van der Waals surface area contributed by atoms with Crippen LogP contribution in [0.2, 0.25) is 0 Å². The third-order valence-corrected chi connectivity index (χ3v) is 5.82. The van der Waals surface area contributed by atoms with Crippen LogP contribution in [-0.2, 0) is 10.8 Å². The average molecular weight is 514 g/mol. The Balaban J connectivity index is 1.54. The van der Waals surface area contributed by atoms with Gasteiger partial charge in [0.15, 0.2) is 11.6 Å². The molecule has 4 rings (SSSR count). The van der Waals surface area contributed by atoms with Gasteiger partial charge in [0, 0.05) is 12.7 Å². The Kier molecular flexibility index (Phi) is 7.44. The van der Waals surface area contributed by atoms with E-state index >= 15 is 0 Å². The van der Waals surface area contributed by atoms with Gasteiger partial charge in [0.05, 0.1) is 6.10 Å². The molecular formula is C26H21F7O3. The molecule has 0 spiro atoms. The second-order valence-corrected chi connectivity index (χ2v) is 8.53. The molecule has 0 saturated carbocycles. The minimum atomic E-state index is -4.54.